The van der Waals surface area contributed by atoms with E-state index < -0.39 is 0 Å². The van der Waals surface area contributed by atoms with Gasteiger partial charge in [0.05, 0.1) is 12.6 Å². The molecule has 1 aliphatic heterocycles. The molecule has 160 valence electrons. The number of ether oxygens (including phenoxy) is 3. The van der Waals surface area contributed by atoms with Crippen molar-refractivity contribution in [2.45, 2.75) is 32.3 Å². The van der Waals surface area contributed by atoms with Crippen molar-refractivity contribution in [2.24, 2.45) is 4.99 Å². The van der Waals surface area contributed by atoms with Gasteiger partial charge in [-0.3, -0.25) is 4.99 Å². The third kappa shape index (κ3) is 9.88. The normalized spacial score (nSPS) is 15.0. The van der Waals surface area contributed by atoms with Gasteiger partial charge in [0, 0.05) is 40.0 Å². The van der Waals surface area contributed by atoms with Crippen LogP contribution < -0.4 is 10.1 Å². The molecule has 0 aromatic heterocycles. The lowest BCUT2D eigenvalue weighted by molar-refractivity contribution is -0.0318. The molecule has 1 saturated heterocycles. The van der Waals surface area contributed by atoms with Crippen molar-refractivity contribution in [3.8, 4) is 5.75 Å². The van der Waals surface area contributed by atoms with Crippen LogP contribution in [-0.2, 0) is 9.47 Å². The van der Waals surface area contributed by atoms with Gasteiger partial charge in [0.2, 0.25) is 0 Å². The minimum Gasteiger partial charge on any atom is -0.492 e. The largest absolute Gasteiger partial charge is 0.492 e. The van der Waals surface area contributed by atoms with Crippen molar-refractivity contribution in [3.63, 3.8) is 0 Å². The predicted molar refractivity (Wildman–Crippen MR) is 120 cm³/mol. The van der Waals surface area contributed by atoms with Gasteiger partial charge in [-0.05, 0) is 50.5 Å². The van der Waals surface area contributed by atoms with Crippen LogP contribution >= 0.6 is 24.0 Å². The maximum absolute atomic E-state index is 12.9. The summed E-state index contributed by atoms with van der Waals surface area (Å²) in [5.74, 6) is 1.25. The lowest BCUT2D eigenvalue weighted by Gasteiger charge is -2.23. The first-order valence-corrected chi connectivity index (χ1v) is 9.76. The summed E-state index contributed by atoms with van der Waals surface area (Å²) >= 11 is 0. The van der Waals surface area contributed by atoms with Gasteiger partial charge in [-0.2, -0.15) is 0 Å². The van der Waals surface area contributed by atoms with Gasteiger partial charge >= 0.3 is 0 Å². The van der Waals surface area contributed by atoms with Crippen molar-refractivity contribution in [2.75, 3.05) is 53.1 Å². The molecule has 0 bridgehead atoms. The van der Waals surface area contributed by atoms with Gasteiger partial charge in [-0.25, -0.2) is 4.39 Å². The van der Waals surface area contributed by atoms with Gasteiger partial charge in [0.25, 0.3) is 0 Å². The summed E-state index contributed by atoms with van der Waals surface area (Å²) in [7, 11) is 1.98. The van der Waals surface area contributed by atoms with Crippen LogP contribution in [0.5, 0.6) is 5.75 Å². The van der Waals surface area contributed by atoms with Crippen molar-refractivity contribution in [3.05, 3.63) is 30.1 Å². The van der Waals surface area contributed by atoms with E-state index in [1.807, 2.05) is 18.9 Å². The van der Waals surface area contributed by atoms with Gasteiger partial charge < -0.3 is 24.4 Å². The molecule has 1 aliphatic rings. The lowest BCUT2D eigenvalue weighted by Crippen LogP contribution is -2.41. The third-order valence-electron chi connectivity index (χ3n) is 4.29. The maximum Gasteiger partial charge on any atom is 0.193 e. The second-order valence-electron chi connectivity index (χ2n) is 6.50. The Hall–Kier alpha value is -1.13. The molecular formula is C20H33FIN3O3. The van der Waals surface area contributed by atoms with Crippen molar-refractivity contribution >= 4 is 29.9 Å². The highest BCUT2D eigenvalue weighted by Crippen LogP contribution is 2.11. The molecule has 0 spiro atoms. The third-order valence-corrected chi connectivity index (χ3v) is 4.29. The average Bonchev–Trinajstić information content (AvgIpc) is 2.69. The zero-order chi connectivity index (χ0) is 19.3. The Bertz CT molecular complexity index is 554. The highest BCUT2D eigenvalue weighted by molar-refractivity contribution is 14.0. The fourth-order valence-corrected chi connectivity index (χ4v) is 2.75. The first-order chi connectivity index (χ1) is 13.2. The van der Waals surface area contributed by atoms with E-state index in [0.717, 1.165) is 51.6 Å². The standard InChI is InChI=1S/C20H32FN3O3.HI/c1-3-22-20(23-11-4-13-26-19-9-14-25-15-10-19)24(2)12-16-27-18-7-5-17(21)6-8-18;/h5-8,19H,3-4,9-16H2,1-2H3,(H,22,23);1H. The van der Waals surface area contributed by atoms with E-state index in [1.165, 1.54) is 12.1 Å². The number of guanidine groups is 1. The van der Waals surface area contributed by atoms with E-state index in [2.05, 4.69) is 10.3 Å². The second kappa shape index (κ2) is 14.8. The molecule has 1 aromatic carbocycles. The van der Waals surface area contributed by atoms with Crippen LogP contribution in [0.3, 0.4) is 0 Å². The smallest absolute Gasteiger partial charge is 0.193 e. The SMILES string of the molecule is CCNC(=NCCCOC1CCOCC1)N(C)CCOc1ccc(F)cc1.I. The summed E-state index contributed by atoms with van der Waals surface area (Å²) in [6, 6.07) is 6.06. The van der Waals surface area contributed by atoms with Crippen molar-refractivity contribution in [1.82, 2.24) is 10.2 Å². The first-order valence-electron chi connectivity index (χ1n) is 9.76. The van der Waals surface area contributed by atoms with Crippen LogP contribution in [0, 0.1) is 5.82 Å². The quantitative estimate of drug-likeness (QED) is 0.227. The summed E-state index contributed by atoms with van der Waals surface area (Å²) < 4.78 is 29.8. The van der Waals surface area contributed by atoms with E-state index >= 15 is 0 Å². The molecule has 1 N–H and O–H groups in total. The maximum atomic E-state index is 12.9. The summed E-state index contributed by atoms with van der Waals surface area (Å²) in [4.78, 5) is 6.69. The average molecular weight is 509 g/mol. The molecule has 0 amide bonds. The van der Waals surface area contributed by atoms with Crippen LogP contribution in [-0.4, -0.2) is 70.1 Å². The van der Waals surface area contributed by atoms with Gasteiger partial charge in [0.1, 0.15) is 18.2 Å². The van der Waals surface area contributed by atoms with E-state index in [-0.39, 0.29) is 29.8 Å². The van der Waals surface area contributed by atoms with E-state index in [4.69, 9.17) is 14.2 Å². The summed E-state index contributed by atoms with van der Waals surface area (Å²) in [6.45, 7) is 7.09. The molecule has 6 nitrogen and oxygen atoms in total. The van der Waals surface area contributed by atoms with Crippen LogP contribution in [0.4, 0.5) is 4.39 Å². The zero-order valence-corrected chi connectivity index (χ0v) is 19.2. The van der Waals surface area contributed by atoms with Crippen molar-refractivity contribution in [1.29, 1.82) is 0 Å². The number of likely N-dealkylation sites (N-methyl/N-ethyl adjacent to an activating group) is 1. The molecule has 0 atom stereocenters. The van der Waals surface area contributed by atoms with Crippen molar-refractivity contribution < 1.29 is 18.6 Å². The molecule has 1 fully saturated rings. The van der Waals surface area contributed by atoms with Crippen LogP contribution in [0.15, 0.2) is 29.3 Å². The molecule has 0 saturated carbocycles. The topological polar surface area (TPSA) is 55.3 Å². The summed E-state index contributed by atoms with van der Waals surface area (Å²) in [6.07, 6.45) is 3.21. The fourth-order valence-electron chi connectivity index (χ4n) is 2.75. The van der Waals surface area contributed by atoms with Crippen LogP contribution in [0.1, 0.15) is 26.2 Å². The Morgan fingerprint density at radius 2 is 1.96 bits per heavy atom. The number of aliphatic imine (C=N–C) groups is 1. The monoisotopic (exact) mass is 509 g/mol. The lowest BCUT2D eigenvalue weighted by atomic mass is 10.1. The number of halogens is 2. The Balaban J connectivity index is 0.00000392. The number of hydrogen-bond donors (Lipinski definition) is 1. The molecule has 0 radical (unpaired) electrons. The number of benzene rings is 1. The molecule has 0 unspecified atom stereocenters. The molecule has 8 heteroatoms. The molecule has 2 rings (SSSR count). The minimum absolute atomic E-state index is 0. The van der Waals surface area contributed by atoms with E-state index in [9.17, 15) is 4.39 Å². The minimum atomic E-state index is -0.262. The van der Waals surface area contributed by atoms with Gasteiger partial charge in [-0.15, -0.1) is 24.0 Å². The molecule has 0 aliphatic carbocycles. The molecule has 1 aromatic rings. The zero-order valence-electron chi connectivity index (χ0n) is 16.9. The first kappa shape index (κ1) is 24.9. The number of rotatable bonds is 10. The predicted octanol–water partition coefficient (Wildman–Crippen LogP) is 3.31. The van der Waals surface area contributed by atoms with Crippen LogP contribution in [0.25, 0.3) is 0 Å². The van der Waals surface area contributed by atoms with E-state index in [0.29, 0.717) is 31.5 Å². The Morgan fingerprint density at radius 1 is 1.25 bits per heavy atom. The molecule has 28 heavy (non-hydrogen) atoms. The summed E-state index contributed by atoms with van der Waals surface area (Å²) in [5, 5.41) is 3.29. The second-order valence-corrected chi connectivity index (χ2v) is 6.50. The Morgan fingerprint density at radius 3 is 2.64 bits per heavy atom. The van der Waals surface area contributed by atoms with Crippen LogP contribution in [0.2, 0.25) is 0 Å². The number of nitrogens with one attached hydrogen (secondary N) is 1. The molecule has 1 heterocycles. The molecular weight excluding hydrogens is 476 g/mol. The Labute approximate surface area is 184 Å². The van der Waals surface area contributed by atoms with Gasteiger partial charge in [0.15, 0.2) is 5.96 Å². The summed E-state index contributed by atoms with van der Waals surface area (Å²) in [5.41, 5.74) is 0. The van der Waals surface area contributed by atoms with Gasteiger partial charge in [-0.1, -0.05) is 0 Å². The number of hydrogen-bond acceptors (Lipinski definition) is 4. The van der Waals surface area contributed by atoms with E-state index in [1.54, 1.807) is 12.1 Å². The highest BCUT2D eigenvalue weighted by atomic mass is 127. The highest BCUT2D eigenvalue weighted by Gasteiger charge is 2.13. The fraction of sp³-hybridized carbons (Fsp3) is 0.650. The Kier molecular flexibility index (Phi) is 13.2. The number of nitrogens with zero attached hydrogens (tertiary/aromatic N) is 2.